The first-order chi connectivity index (χ1) is 8.50. The summed E-state index contributed by atoms with van der Waals surface area (Å²) in [5.41, 5.74) is -0.482. The molecule has 0 radical (unpaired) electrons. The standard InChI is InChI=1S/C12H11BrF3NO/c13-8(6-1-2-6)5-17-12(18)7-3-4-9(14)11(16)10(7)15/h3-4,6,8H,1-2,5H2,(H,17,18). The van der Waals surface area contributed by atoms with E-state index in [0.29, 0.717) is 12.5 Å². The molecule has 1 unspecified atom stereocenters. The predicted octanol–water partition coefficient (Wildman–Crippen LogP) is 3.01. The largest absolute Gasteiger partial charge is 0.351 e. The zero-order chi connectivity index (χ0) is 13.3. The second kappa shape index (κ2) is 5.30. The average Bonchev–Trinajstić information content (AvgIpc) is 3.17. The first-order valence-electron chi connectivity index (χ1n) is 5.56. The Balaban J connectivity index is 2.02. The molecule has 0 saturated heterocycles. The molecule has 2 rings (SSSR count). The molecule has 6 heteroatoms. The van der Waals surface area contributed by atoms with Crippen LogP contribution in [0.15, 0.2) is 12.1 Å². The molecule has 0 heterocycles. The van der Waals surface area contributed by atoms with Crippen LogP contribution in [0.25, 0.3) is 0 Å². The van der Waals surface area contributed by atoms with E-state index in [1.807, 2.05) is 0 Å². The molecule has 0 spiro atoms. The summed E-state index contributed by atoms with van der Waals surface area (Å²) in [6, 6.07) is 1.67. The molecule has 1 aromatic rings. The van der Waals surface area contributed by atoms with Gasteiger partial charge in [0.1, 0.15) is 0 Å². The SMILES string of the molecule is O=C(NCC(Br)C1CC1)c1ccc(F)c(F)c1F. The van der Waals surface area contributed by atoms with Crippen LogP contribution < -0.4 is 5.32 Å². The van der Waals surface area contributed by atoms with Crippen LogP contribution >= 0.6 is 15.9 Å². The first-order valence-corrected chi connectivity index (χ1v) is 6.48. The Morgan fingerprint density at radius 3 is 2.61 bits per heavy atom. The number of benzene rings is 1. The van der Waals surface area contributed by atoms with Crippen LogP contribution in [0.2, 0.25) is 0 Å². The van der Waals surface area contributed by atoms with Gasteiger partial charge in [-0.15, -0.1) is 0 Å². The minimum atomic E-state index is -1.62. The Labute approximate surface area is 111 Å². The van der Waals surface area contributed by atoms with E-state index >= 15 is 0 Å². The van der Waals surface area contributed by atoms with Gasteiger partial charge in [0.15, 0.2) is 17.5 Å². The van der Waals surface area contributed by atoms with Crippen molar-refractivity contribution >= 4 is 21.8 Å². The van der Waals surface area contributed by atoms with E-state index in [1.165, 1.54) is 0 Å². The minimum Gasteiger partial charge on any atom is -0.351 e. The van der Waals surface area contributed by atoms with Crippen molar-refractivity contribution in [3.8, 4) is 0 Å². The number of halogens is 4. The van der Waals surface area contributed by atoms with Crippen LogP contribution in [-0.2, 0) is 0 Å². The smallest absolute Gasteiger partial charge is 0.254 e. The van der Waals surface area contributed by atoms with Gasteiger partial charge in [-0.2, -0.15) is 0 Å². The van der Waals surface area contributed by atoms with E-state index in [-0.39, 0.29) is 4.83 Å². The van der Waals surface area contributed by atoms with Gasteiger partial charge in [0.25, 0.3) is 5.91 Å². The maximum Gasteiger partial charge on any atom is 0.254 e. The monoisotopic (exact) mass is 321 g/mol. The van der Waals surface area contributed by atoms with Gasteiger partial charge in [-0.3, -0.25) is 4.79 Å². The summed E-state index contributed by atoms with van der Waals surface area (Å²) in [6.45, 7) is 0.335. The van der Waals surface area contributed by atoms with Gasteiger partial charge in [0.05, 0.1) is 5.56 Å². The van der Waals surface area contributed by atoms with Crippen molar-refractivity contribution in [3.05, 3.63) is 35.1 Å². The van der Waals surface area contributed by atoms with Gasteiger partial charge in [-0.25, -0.2) is 13.2 Å². The number of amides is 1. The summed E-state index contributed by atoms with van der Waals surface area (Å²) in [5, 5.41) is 2.49. The number of carbonyl (C=O) groups is 1. The lowest BCUT2D eigenvalue weighted by molar-refractivity contribution is 0.0948. The molecule has 1 fully saturated rings. The van der Waals surface area contributed by atoms with Gasteiger partial charge in [-0.05, 0) is 30.9 Å². The summed E-state index contributed by atoms with van der Waals surface area (Å²) in [6.07, 6.45) is 2.21. The Morgan fingerprint density at radius 1 is 1.33 bits per heavy atom. The van der Waals surface area contributed by atoms with Crippen molar-refractivity contribution in [1.82, 2.24) is 5.32 Å². The normalized spacial score (nSPS) is 16.4. The van der Waals surface area contributed by atoms with E-state index in [9.17, 15) is 18.0 Å². The summed E-state index contributed by atoms with van der Waals surface area (Å²) in [7, 11) is 0. The van der Waals surface area contributed by atoms with Gasteiger partial charge in [0, 0.05) is 11.4 Å². The van der Waals surface area contributed by atoms with Crippen molar-refractivity contribution in [2.75, 3.05) is 6.54 Å². The highest BCUT2D eigenvalue weighted by molar-refractivity contribution is 9.09. The molecule has 98 valence electrons. The maximum absolute atomic E-state index is 13.3. The lowest BCUT2D eigenvalue weighted by Gasteiger charge is -2.10. The molecular formula is C12H11BrF3NO. The van der Waals surface area contributed by atoms with Crippen LogP contribution in [0, 0.1) is 23.4 Å². The zero-order valence-electron chi connectivity index (χ0n) is 9.35. The second-order valence-electron chi connectivity index (χ2n) is 4.29. The molecular weight excluding hydrogens is 311 g/mol. The Kier molecular flexibility index (Phi) is 3.94. The summed E-state index contributed by atoms with van der Waals surface area (Å²) < 4.78 is 39.0. The summed E-state index contributed by atoms with van der Waals surface area (Å²) in [5.74, 6) is -4.60. The van der Waals surface area contributed by atoms with Gasteiger partial charge >= 0.3 is 0 Å². The third-order valence-electron chi connectivity index (χ3n) is 2.87. The number of nitrogens with one attached hydrogen (secondary N) is 1. The fourth-order valence-corrected chi connectivity index (χ4v) is 2.30. The van der Waals surface area contributed by atoms with Crippen LogP contribution in [-0.4, -0.2) is 17.3 Å². The molecule has 1 aliphatic carbocycles. The number of carbonyl (C=O) groups excluding carboxylic acids is 1. The van der Waals surface area contributed by atoms with Crippen molar-refractivity contribution in [2.24, 2.45) is 5.92 Å². The fraction of sp³-hybridized carbons (Fsp3) is 0.417. The van der Waals surface area contributed by atoms with E-state index in [4.69, 9.17) is 0 Å². The lowest BCUT2D eigenvalue weighted by atomic mass is 10.2. The van der Waals surface area contributed by atoms with E-state index in [0.717, 1.165) is 25.0 Å². The number of hydrogen-bond donors (Lipinski definition) is 1. The highest BCUT2D eigenvalue weighted by atomic mass is 79.9. The molecule has 1 amide bonds. The Hall–Kier alpha value is -1.04. The molecule has 1 N–H and O–H groups in total. The highest BCUT2D eigenvalue weighted by Crippen LogP contribution is 2.36. The molecule has 0 aliphatic heterocycles. The molecule has 1 aromatic carbocycles. The lowest BCUT2D eigenvalue weighted by Crippen LogP contribution is -2.31. The first kappa shape index (κ1) is 13.4. The fourth-order valence-electron chi connectivity index (χ4n) is 1.61. The van der Waals surface area contributed by atoms with E-state index < -0.39 is 28.9 Å². The highest BCUT2D eigenvalue weighted by Gasteiger charge is 2.29. The van der Waals surface area contributed by atoms with Crippen molar-refractivity contribution in [2.45, 2.75) is 17.7 Å². The third kappa shape index (κ3) is 2.85. The van der Waals surface area contributed by atoms with Crippen LogP contribution in [0.3, 0.4) is 0 Å². The van der Waals surface area contributed by atoms with Crippen LogP contribution in [0.1, 0.15) is 23.2 Å². The quantitative estimate of drug-likeness (QED) is 0.670. The van der Waals surface area contributed by atoms with Crippen LogP contribution in [0.5, 0.6) is 0 Å². The van der Waals surface area contributed by atoms with Crippen molar-refractivity contribution in [3.63, 3.8) is 0 Å². The molecule has 0 aromatic heterocycles. The molecule has 1 aliphatic rings. The van der Waals surface area contributed by atoms with Gasteiger partial charge in [0.2, 0.25) is 0 Å². The van der Waals surface area contributed by atoms with E-state index in [1.54, 1.807) is 0 Å². The number of alkyl halides is 1. The molecule has 18 heavy (non-hydrogen) atoms. The third-order valence-corrected chi connectivity index (χ3v) is 3.94. The van der Waals surface area contributed by atoms with Gasteiger partial charge < -0.3 is 5.32 Å². The number of hydrogen-bond acceptors (Lipinski definition) is 1. The number of rotatable bonds is 4. The van der Waals surface area contributed by atoms with Crippen molar-refractivity contribution < 1.29 is 18.0 Å². The molecule has 0 bridgehead atoms. The van der Waals surface area contributed by atoms with Crippen molar-refractivity contribution in [1.29, 1.82) is 0 Å². The second-order valence-corrected chi connectivity index (χ2v) is 5.46. The molecule has 1 atom stereocenters. The predicted molar refractivity (Wildman–Crippen MR) is 64.1 cm³/mol. The van der Waals surface area contributed by atoms with E-state index in [2.05, 4.69) is 21.2 Å². The minimum absolute atomic E-state index is 0.134. The Bertz CT molecular complexity index is 477. The molecule has 2 nitrogen and oxygen atoms in total. The zero-order valence-corrected chi connectivity index (χ0v) is 10.9. The van der Waals surface area contributed by atoms with Gasteiger partial charge in [-0.1, -0.05) is 15.9 Å². The summed E-state index contributed by atoms with van der Waals surface area (Å²) >= 11 is 3.41. The Morgan fingerprint density at radius 2 is 2.00 bits per heavy atom. The molecule has 1 saturated carbocycles. The maximum atomic E-state index is 13.3. The summed E-state index contributed by atoms with van der Waals surface area (Å²) in [4.78, 5) is 11.7. The van der Waals surface area contributed by atoms with Crippen LogP contribution in [0.4, 0.5) is 13.2 Å². The topological polar surface area (TPSA) is 29.1 Å². The average molecular weight is 322 g/mol.